The maximum absolute atomic E-state index is 11.9. The van der Waals surface area contributed by atoms with Crippen LogP contribution >= 0.6 is 0 Å². The summed E-state index contributed by atoms with van der Waals surface area (Å²) in [5.74, 6) is -1.15. The molecule has 0 bridgehead atoms. The smallest absolute Gasteiger partial charge is 0.310 e. The van der Waals surface area contributed by atoms with Crippen LogP contribution in [-0.2, 0) is 4.79 Å². The van der Waals surface area contributed by atoms with Crippen LogP contribution in [-0.4, -0.2) is 22.8 Å². The van der Waals surface area contributed by atoms with E-state index in [1.807, 2.05) is 0 Å². The van der Waals surface area contributed by atoms with Gasteiger partial charge in [-0.3, -0.25) is 30.6 Å². The Labute approximate surface area is 137 Å². The molecule has 2 rings (SSSR count). The van der Waals surface area contributed by atoms with Gasteiger partial charge in [0.2, 0.25) is 0 Å². The van der Waals surface area contributed by atoms with Gasteiger partial charge >= 0.3 is 5.69 Å². The Balaban J connectivity index is 1.93. The molecular formula is C16H15N3O5. The lowest BCUT2D eigenvalue weighted by atomic mass is 10.2. The highest BCUT2D eigenvalue weighted by molar-refractivity contribution is 5.95. The van der Waals surface area contributed by atoms with Crippen LogP contribution in [0.4, 0.5) is 5.69 Å². The Morgan fingerprint density at radius 1 is 1.04 bits per heavy atom. The topological polar surface area (TPSA) is 111 Å². The van der Waals surface area contributed by atoms with Crippen molar-refractivity contribution >= 4 is 17.5 Å². The molecule has 124 valence electrons. The van der Waals surface area contributed by atoms with E-state index in [0.29, 0.717) is 5.56 Å². The number of amides is 2. The van der Waals surface area contributed by atoms with Crippen LogP contribution in [0, 0.1) is 10.1 Å². The molecule has 0 aliphatic heterocycles. The maximum atomic E-state index is 11.9. The zero-order chi connectivity index (χ0) is 17.5. The molecule has 24 heavy (non-hydrogen) atoms. The van der Waals surface area contributed by atoms with Gasteiger partial charge in [-0.1, -0.05) is 30.3 Å². The number of rotatable bonds is 5. The summed E-state index contributed by atoms with van der Waals surface area (Å²) in [6.07, 6.45) is -1.04. The van der Waals surface area contributed by atoms with Crippen molar-refractivity contribution in [1.29, 1.82) is 0 Å². The Morgan fingerprint density at radius 2 is 1.67 bits per heavy atom. The number of ether oxygens (including phenoxy) is 1. The highest BCUT2D eigenvalue weighted by Gasteiger charge is 2.21. The summed E-state index contributed by atoms with van der Waals surface area (Å²) in [5.41, 5.74) is 4.60. The molecule has 0 saturated heterocycles. The third kappa shape index (κ3) is 4.29. The van der Waals surface area contributed by atoms with Crippen LogP contribution in [0.2, 0.25) is 0 Å². The third-order valence-corrected chi connectivity index (χ3v) is 3.07. The molecule has 0 aliphatic carbocycles. The number of nitro groups is 1. The summed E-state index contributed by atoms with van der Waals surface area (Å²) in [7, 11) is 0. The third-order valence-electron chi connectivity index (χ3n) is 3.07. The Kier molecular flexibility index (Phi) is 5.45. The van der Waals surface area contributed by atoms with E-state index < -0.39 is 22.8 Å². The second kappa shape index (κ2) is 7.73. The minimum Gasteiger partial charge on any atom is -0.474 e. The second-order valence-electron chi connectivity index (χ2n) is 4.79. The molecule has 0 spiro atoms. The van der Waals surface area contributed by atoms with E-state index in [4.69, 9.17) is 4.74 Å². The number of nitrogens with one attached hydrogen (secondary N) is 2. The minimum atomic E-state index is -1.04. The number of para-hydroxylation sites is 2. The maximum Gasteiger partial charge on any atom is 0.310 e. The largest absolute Gasteiger partial charge is 0.474 e. The van der Waals surface area contributed by atoms with Crippen LogP contribution in [0.1, 0.15) is 17.3 Å². The van der Waals surface area contributed by atoms with Crippen LogP contribution < -0.4 is 15.6 Å². The van der Waals surface area contributed by atoms with Crippen molar-refractivity contribution in [2.75, 3.05) is 0 Å². The normalized spacial score (nSPS) is 11.2. The van der Waals surface area contributed by atoms with Crippen molar-refractivity contribution in [3.05, 3.63) is 70.3 Å². The summed E-state index contributed by atoms with van der Waals surface area (Å²) in [4.78, 5) is 34.1. The summed E-state index contributed by atoms with van der Waals surface area (Å²) >= 11 is 0. The van der Waals surface area contributed by atoms with Crippen molar-refractivity contribution in [1.82, 2.24) is 10.9 Å². The average Bonchev–Trinajstić information content (AvgIpc) is 2.60. The molecule has 8 heteroatoms. The van der Waals surface area contributed by atoms with Gasteiger partial charge in [-0.05, 0) is 25.1 Å². The second-order valence-corrected chi connectivity index (χ2v) is 4.79. The molecule has 1 atom stereocenters. The SMILES string of the molecule is C[C@@H](Oc1ccccc1[N+](=O)[O-])C(=O)NNC(=O)c1ccccc1. The standard InChI is InChI=1S/C16H15N3O5/c1-11(24-14-10-6-5-9-13(14)19(22)23)15(20)17-18-16(21)12-7-3-2-4-8-12/h2-11H,1H3,(H,17,20)(H,18,21)/t11-/m1/s1. The summed E-state index contributed by atoms with van der Waals surface area (Å²) in [6.45, 7) is 1.42. The van der Waals surface area contributed by atoms with E-state index in [1.165, 1.54) is 25.1 Å². The number of hydrogen-bond acceptors (Lipinski definition) is 5. The molecule has 0 radical (unpaired) electrons. The molecule has 0 fully saturated rings. The molecule has 0 aliphatic rings. The molecule has 0 unspecified atom stereocenters. The van der Waals surface area contributed by atoms with Gasteiger partial charge in [-0.2, -0.15) is 0 Å². The Bertz CT molecular complexity index is 748. The van der Waals surface area contributed by atoms with E-state index in [-0.39, 0.29) is 11.4 Å². The fourth-order valence-electron chi connectivity index (χ4n) is 1.83. The van der Waals surface area contributed by atoms with Crippen molar-refractivity contribution in [3.8, 4) is 5.75 Å². The molecule has 0 saturated carbocycles. The first-order chi connectivity index (χ1) is 11.5. The van der Waals surface area contributed by atoms with Gasteiger partial charge in [0.1, 0.15) is 0 Å². The lowest BCUT2D eigenvalue weighted by Gasteiger charge is -2.15. The Hall–Kier alpha value is -3.42. The lowest BCUT2D eigenvalue weighted by molar-refractivity contribution is -0.386. The molecule has 8 nitrogen and oxygen atoms in total. The lowest BCUT2D eigenvalue weighted by Crippen LogP contribution is -2.47. The van der Waals surface area contributed by atoms with E-state index >= 15 is 0 Å². The van der Waals surface area contributed by atoms with Gasteiger partial charge in [0.05, 0.1) is 4.92 Å². The van der Waals surface area contributed by atoms with Gasteiger partial charge in [0, 0.05) is 11.6 Å². The van der Waals surface area contributed by atoms with Gasteiger partial charge in [-0.15, -0.1) is 0 Å². The van der Waals surface area contributed by atoms with Crippen molar-refractivity contribution in [2.24, 2.45) is 0 Å². The molecule has 0 heterocycles. The number of hydrogen-bond donors (Lipinski definition) is 2. The van der Waals surface area contributed by atoms with Crippen LogP contribution in [0.15, 0.2) is 54.6 Å². The van der Waals surface area contributed by atoms with Crippen LogP contribution in [0.25, 0.3) is 0 Å². The van der Waals surface area contributed by atoms with Crippen LogP contribution in [0.5, 0.6) is 5.75 Å². The Morgan fingerprint density at radius 3 is 2.33 bits per heavy atom. The van der Waals surface area contributed by atoms with Crippen molar-refractivity contribution in [3.63, 3.8) is 0 Å². The highest BCUT2D eigenvalue weighted by Crippen LogP contribution is 2.26. The van der Waals surface area contributed by atoms with Crippen molar-refractivity contribution < 1.29 is 19.2 Å². The quantitative estimate of drug-likeness (QED) is 0.642. The molecule has 2 aromatic carbocycles. The predicted molar refractivity (Wildman–Crippen MR) is 85.2 cm³/mol. The van der Waals surface area contributed by atoms with E-state index in [1.54, 1.807) is 36.4 Å². The number of benzene rings is 2. The highest BCUT2D eigenvalue weighted by atomic mass is 16.6. The fourth-order valence-corrected chi connectivity index (χ4v) is 1.83. The summed E-state index contributed by atoms with van der Waals surface area (Å²) in [5, 5.41) is 10.9. The van der Waals surface area contributed by atoms with E-state index in [9.17, 15) is 19.7 Å². The molecule has 2 amide bonds. The number of carbonyl (C=O) groups excluding carboxylic acids is 2. The van der Waals surface area contributed by atoms with E-state index in [2.05, 4.69) is 10.9 Å². The molecule has 2 N–H and O–H groups in total. The number of nitro benzene ring substituents is 1. The fraction of sp³-hybridized carbons (Fsp3) is 0.125. The average molecular weight is 329 g/mol. The summed E-state index contributed by atoms with van der Waals surface area (Å²) in [6, 6.07) is 14.1. The van der Waals surface area contributed by atoms with Crippen molar-refractivity contribution in [2.45, 2.75) is 13.0 Å². The first kappa shape index (κ1) is 16.9. The zero-order valence-electron chi connectivity index (χ0n) is 12.8. The monoisotopic (exact) mass is 329 g/mol. The number of hydrazine groups is 1. The first-order valence-electron chi connectivity index (χ1n) is 7.04. The predicted octanol–water partition coefficient (Wildman–Crippen LogP) is 1.82. The van der Waals surface area contributed by atoms with Gasteiger partial charge < -0.3 is 4.74 Å². The number of nitrogens with zero attached hydrogens (tertiary/aromatic N) is 1. The van der Waals surface area contributed by atoms with Gasteiger partial charge in [-0.25, -0.2) is 0 Å². The zero-order valence-corrected chi connectivity index (χ0v) is 12.8. The van der Waals surface area contributed by atoms with Crippen LogP contribution in [0.3, 0.4) is 0 Å². The summed E-state index contributed by atoms with van der Waals surface area (Å²) < 4.78 is 5.30. The number of carbonyl (C=O) groups is 2. The minimum absolute atomic E-state index is 0.0282. The molecule has 0 aromatic heterocycles. The molecular weight excluding hydrogens is 314 g/mol. The van der Waals surface area contributed by atoms with E-state index in [0.717, 1.165) is 0 Å². The van der Waals surface area contributed by atoms with Gasteiger partial charge in [0.15, 0.2) is 11.9 Å². The first-order valence-corrected chi connectivity index (χ1v) is 7.04. The van der Waals surface area contributed by atoms with Gasteiger partial charge in [0.25, 0.3) is 11.8 Å². The molecule has 2 aromatic rings.